The number of fused-ring (bicyclic) bond motifs is 1. The first-order chi connectivity index (χ1) is 8.36. The van der Waals surface area contributed by atoms with Gasteiger partial charge in [0.2, 0.25) is 0 Å². The van der Waals surface area contributed by atoms with Crippen molar-refractivity contribution in [2.75, 3.05) is 18.4 Å². The molecule has 2 N–H and O–H groups in total. The fourth-order valence-electron chi connectivity index (χ4n) is 2.51. The molecular weight excluding hydrogens is 212 g/mol. The predicted octanol–water partition coefficient (Wildman–Crippen LogP) is 2.25. The zero-order valence-electron chi connectivity index (χ0n) is 10.3. The summed E-state index contributed by atoms with van der Waals surface area (Å²) in [6.45, 7) is 4.11. The molecule has 3 nitrogen and oxygen atoms in total. The van der Waals surface area contributed by atoms with Crippen molar-refractivity contribution in [3.05, 3.63) is 24.3 Å². The van der Waals surface area contributed by atoms with Gasteiger partial charge in [-0.15, -0.1) is 0 Å². The lowest BCUT2D eigenvalue weighted by atomic mass is 10.2. The molecule has 1 fully saturated rings. The van der Waals surface area contributed by atoms with Crippen molar-refractivity contribution in [1.29, 1.82) is 0 Å². The normalized spacial score (nSPS) is 30.1. The Kier molecular flexibility index (Phi) is 2.93. The zero-order valence-corrected chi connectivity index (χ0v) is 10.3. The molecule has 1 aliphatic heterocycles. The van der Waals surface area contributed by atoms with Gasteiger partial charge in [0.15, 0.2) is 0 Å². The second-order valence-corrected chi connectivity index (χ2v) is 5.04. The topological polar surface area (TPSA) is 33.3 Å². The highest BCUT2D eigenvalue weighted by Gasteiger charge is 2.35. The summed E-state index contributed by atoms with van der Waals surface area (Å²) in [5.41, 5.74) is 1.11. The number of anilines is 1. The molecule has 0 saturated heterocycles. The van der Waals surface area contributed by atoms with Gasteiger partial charge in [0.1, 0.15) is 11.9 Å². The monoisotopic (exact) mass is 232 g/mol. The summed E-state index contributed by atoms with van der Waals surface area (Å²) in [7, 11) is 0. The van der Waals surface area contributed by atoms with Crippen molar-refractivity contribution >= 4 is 5.69 Å². The van der Waals surface area contributed by atoms with Gasteiger partial charge in [-0.1, -0.05) is 25.5 Å². The fraction of sp³-hybridized carbons (Fsp3) is 0.571. The lowest BCUT2D eigenvalue weighted by Crippen LogP contribution is -2.40. The van der Waals surface area contributed by atoms with E-state index in [0.717, 1.165) is 36.5 Å². The Balaban J connectivity index is 1.51. The van der Waals surface area contributed by atoms with E-state index in [1.807, 2.05) is 18.2 Å². The summed E-state index contributed by atoms with van der Waals surface area (Å²) in [6, 6.07) is 8.88. The third kappa shape index (κ3) is 2.39. The van der Waals surface area contributed by atoms with Crippen LogP contribution in [0.2, 0.25) is 0 Å². The molecule has 92 valence electrons. The summed E-state index contributed by atoms with van der Waals surface area (Å²) < 4.78 is 5.95. The predicted molar refractivity (Wildman–Crippen MR) is 69.5 cm³/mol. The number of para-hydroxylation sites is 2. The summed E-state index contributed by atoms with van der Waals surface area (Å²) in [6.07, 6.45) is 2.89. The van der Waals surface area contributed by atoms with Gasteiger partial charge in [-0.05, 0) is 24.5 Å². The number of hydrogen-bond acceptors (Lipinski definition) is 3. The third-order valence-corrected chi connectivity index (χ3v) is 3.76. The average Bonchev–Trinajstić information content (AvgIpc) is 3.15. The summed E-state index contributed by atoms with van der Waals surface area (Å²) in [5.74, 6) is 1.88. The van der Waals surface area contributed by atoms with Gasteiger partial charge >= 0.3 is 0 Å². The zero-order chi connectivity index (χ0) is 11.7. The number of benzene rings is 1. The van der Waals surface area contributed by atoms with Crippen molar-refractivity contribution < 1.29 is 4.74 Å². The lowest BCUT2D eigenvalue weighted by molar-refractivity contribution is 0.201. The Bertz CT molecular complexity index is 394. The lowest BCUT2D eigenvalue weighted by Gasteiger charge is -2.27. The van der Waals surface area contributed by atoms with Crippen LogP contribution < -0.4 is 15.4 Å². The van der Waals surface area contributed by atoms with Crippen LogP contribution in [-0.4, -0.2) is 25.2 Å². The van der Waals surface area contributed by atoms with Crippen LogP contribution in [0.4, 0.5) is 5.69 Å². The van der Waals surface area contributed by atoms with Crippen molar-refractivity contribution in [2.24, 2.45) is 5.92 Å². The molecule has 0 bridgehead atoms. The van der Waals surface area contributed by atoms with Crippen LogP contribution in [0.1, 0.15) is 19.8 Å². The van der Waals surface area contributed by atoms with Crippen LogP contribution in [0, 0.1) is 5.92 Å². The van der Waals surface area contributed by atoms with Crippen molar-refractivity contribution in [2.45, 2.75) is 31.9 Å². The van der Waals surface area contributed by atoms with E-state index in [1.54, 1.807) is 0 Å². The van der Waals surface area contributed by atoms with Crippen LogP contribution >= 0.6 is 0 Å². The van der Waals surface area contributed by atoms with Crippen LogP contribution in [-0.2, 0) is 0 Å². The van der Waals surface area contributed by atoms with Gasteiger partial charge < -0.3 is 15.4 Å². The first kappa shape index (κ1) is 10.9. The molecule has 3 heteroatoms. The number of ether oxygens (including phenoxy) is 1. The SMILES string of the molecule is CCC1CC1NCC1CNc2ccccc2O1. The van der Waals surface area contributed by atoms with Gasteiger partial charge in [-0.3, -0.25) is 0 Å². The van der Waals surface area contributed by atoms with Gasteiger partial charge in [-0.25, -0.2) is 0 Å². The van der Waals surface area contributed by atoms with Crippen LogP contribution in [0.5, 0.6) is 5.75 Å². The van der Waals surface area contributed by atoms with E-state index in [0.29, 0.717) is 0 Å². The van der Waals surface area contributed by atoms with Gasteiger partial charge in [-0.2, -0.15) is 0 Å². The van der Waals surface area contributed by atoms with E-state index in [-0.39, 0.29) is 6.10 Å². The molecule has 1 aromatic rings. The second-order valence-electron chi connectivity index (χ2n) is 5.04. The van der Waals surface area contributed by atoms with E-state index in [4.69, 9.17) is 4.74 Å². The number of nitrogens with one attached hydrogen (secondary N) is 2. The number of rotatable bonds is 4. The standard InChI is InChI=1S/C14H20N2O/c1-2-10-7-13(10)16-9-11-8-15-12-5-3-4-6-14(12)17-11/h3-6,10-11,13,15-16H,2,7-9H2,1H3. The molecule has 1 heterocycles. The molecule has 17 heavy (non-hydrogen) atoms. The average molecular weight is 232 g/mol. The van der Waals surface area contributed by atoms with Crippen LogP contribution in [0.25, 0.3) is 0 Å². The summed E-state index contributed by atoms with van der Waals surface area (Å²) in [5, 5.41) is 7.01. The fourth-order valence-corrected chi connectivity index (χ4v) is 2.51. The molecule has 3 rings (SSSR count). The minimum Gasteiger partial charge on any atom is -0.485 e. The molecule has 1 aliphatic carbocycles. The molecule has 3 unspecified atom stereocenters. The van der Waals surface area contributed by atoms with Crippen LogP contribution in [0.15, 0.2) is 24.3 Å². The van der Waals surface area contributed by atoms with E-state index < -0.39 is 0 Å². The Hall–Kier alpha value is -1.22. The third-order valence-electron chi connectivity index (χ3n) is 3.76. The van der Waals surface area contributed by atoms with E-state index in [1.165, 1.54) is 12.8 Å². The largest absolute Gasteiger partial charge is 0.485 e. The van der Waals surface area contributed by atoms with E-state index in [2.05, 4.69) is 23.6 Å². The first-order valence-electron chi connectivity index (χ1n) is 6.59. The van der Waals surface area contributed by atoms with Crippen molar-refractivity contribution in [1.82, 2.24) is 5.32 Å². The molecule has 0 aromatic heterocycles. The Morgan fingerprint density at radius 1 is 1.41 bits per heavy atom. The summed E-state index contributed by atoms with van der Waals surface area (Å²) >= 11 is 0. The minimum atomic E-state index is 0.253. The highest BCUT2D eigenvalue weighted by Crippen LogP contribution is 2.33. The molecule has 0 radical (unpaired) electrons. The molecular formula is C14H20N2O. The van der Waals surface area contributed by atoms with E-state index >= 15 is 0 Å². The molecule has 0 spiro atoms. The maximum absolute atomic E-state index is 5.95. The molecule has 0 amide bonds. The smallest absolute Gasteiger partial charge is 0.142 e. The minimum absolute atomic E-state index is 0.253. The maximum Gasteiger partial charge on any atom is 0.142 e. The highest BCUT2D eigenvalue weighted by molar-refractivity contribution is 5.57. The molecule has 1 saturated carbocycles. The second kappa shape index (κ2) is 4.57. The van der Waals surface area contributed by atoms with Gasteiger partial charge in [0.25, 0.3) is 0 Å². The first-order valence-corrected chi connectivity index (χ1v) is 6.59. The van der Waals surface area contributed by atoms with Gasteiger partial charge in [0.05, 0.1) is 12.2 Å². The molecule has 2 aliphatic rings. The Morgan fingerprint density at radius 3 is 3.12 bits per heavy atom. The van der Waals surface area contributed by atoms with Crippen molar-refractivity contribution in [3.63, 3.8) is 0 Å². The molecule has 3 atom stereocenters. The quantitative estimate of drug-likeness (QED) is 0.835. The molecule has 1 aromatic carbocycles. The van der Waals surface area contributed by atoms with Crippen LogP contribution in [0.3, 0.4) is 0 Å². The van der Waals surface area contributed by atoms with Gasteiger partial charge in [0, 0.05) is 12.6 Å². The summed E-state index contributed by atoms with van der Waals surface area (Å²) in [4.78, 5) is 0. The Morgan fingerprint density at radius 2 is 2.29 bits per heavy atom. The maximum atomic E-state index is 5.95. The van der Waals surface area contributed by atoms with E-state index in [9.17, 15) is 0 Å². The number of hydrogen-bond donors (Lipinski definition) is 2. The Labute approximate surface area is 103 Å². The van der Waals surface area contributed by atoms with Crippen molar-refractivity contribution in [3.8, 4) is 5.75 Å². The highest BCUT2D eigenvalue weighted by atomic mass is 16.5.